The first-order valence-corrected chi connectivity index (χ1v) is 6.39. The number of amides is 1. The maximum absolute atomic E-state index is 12.0. The van der Waals surface area contributed by atoms with Gasteiger partial charge in [0.1, 0.15) is 6.04 Å². The van der Waals surface area contributed by atoms with E-state index in [9.17, 15) is 24.9 Å². The fourth-order valence-corrected chi connectivity index (χ4v) is 1.80. The van der Waals surface area contributed by atoms with Crippen molar-refractivity contribution >= 4 is 11.9 Å². The highest BCUT2D eigenvalue weighted by molar-refractivity contribution is 5.97. The van der Waals surface area contributed by atoms with Gasteiger partial charge in [0, 0.05) is 5.56 Å². The summed E-state index contributed by atoms with van der Waals surface area (Å²) in [4.78, 5) is 23.7. The minimum atomic E-state index is -0.833. The van der Waals surface area contributed by atoms with Crippen LogP contribution in [0.2, 0.25) is 0 Å². The lowest BCUT2D eigenvalue weighted by atomic mass is 10.0. The topological polar surface area (TPSA) is 116 Å². The van der Waals surface area contributed by atoms with Crippen LogP contribution in [0.5, 0.6) is 17.2 Å². The Bertz CT molecular complexity index is 517. The van der Waals surface area contributed by atoms with Crippen molar-refractivity contribution in [2.45, 2.75) is 26.3 Å². The van der Waals surface area contributed by atoms with Gasteiger partial charge in [-0.1, -0.05) is 13.8 Å². The summed E-state index contributed by atoms with van der Waals surface area (Å²) in [6, 6.07) is 1.16. The summed E-state index contributed by atoms with van der Waals surface area (Å²) < 4.78 is 4.62. The zero-order chi connectivity index (χ0) is 16.2. The molecule has 0 bridgehead atoms. The number of carbonyl (C=O) groups is 2. The van der Waals surface area contributed by atoms with Crippen LogP contribution in [0.3, 0.4) is 0 Å². The molecule has 7 heteroatoms. The van der Waals surface area contributed by atoms with Crippen LogP contribution in [0.25, 0.3) is 0 Å². The van der Waals surface area contributed by atoms with Gasteiger partial charge in [0.25, 0.3) is 5.91 Å². The third-order valence-corrected chi connectivity index (χ3v) is 2.83. The Morgan fingerprint density at radius 2 is 1.71 bits per heavy atom. The summed E-state index contributed by atoms with van der Waals surface area (Å²) in [5, 5.41) is 30.5. The quantitative estimate of drug-likeness (QED) is 0.478. The van der Waals surface area contributed by atoms with E-state index < -0.39 is 35.2 Å². The standard InChI is InChI=1S/C14H19NO6/c1-7(2)4-9(14(20)21-3)15-13(19)8-5-10(16)12(18)11(17)6-8/h5-7,9,16-18H,4H2,1-3H3,(H,15,19)/t9-/m0/s1. The molecule has 0 saturated carbocycles. The minimum absolute atomic E-state index is 0.0829. The molecule has 0 heterocycles. The SMILES string of the molecule is COC(=O)[C@H](CC(C)C)NC(=O)c1cc(O)c(O)c(O)c1. The number of ether oxygens (including phenoxy) is 1. The van der Waals surface area contributed by atoms with Gasteiger partial charge < -0.3 is 25.4 Å². The second-order valence-electron chi connectivity index (χ2n) is 5.04. The van der Waals surface area contributed by atoms with Gasteiger partial charge in [-0.15, -0.1) is 0 Å². The maximum Gasteiger partial charge on any atom is 0.328 e. The summed E-state index contributed by atoms with van der Waals surface area (Å²) >= 11 is 0. The molecule has 4 N–H and O–H groups in total. The van der Waals surface area contributed by atoms with E-state index >= 15 is 0 Å². The second kappa shape index (κ2) is 6.83. The van der Waals surface area contributed by atoms with Crippen LogP contribution in [-0.4, -0.2) is 40.3 Å². The van der Waals surface area contributed by atoms with Crippen molar-refractivity contribution in [2.24, 2.45) is 5.92 Å². The van der Waals surface area contributed by atoms with Crippen molar-refractivity contribution < 1.29 is 29.6 Å². The highest BCUT2D eigenvalue weighted by Crippen LogP contribution is 2.35. The average Bonchev–Trinajstić information content (AvgIpc) is 2.41. The molecule has 21 heavy (non-hydrogen) atoms. The van der Waals surface area contributed by atoms with E-state index in [-0.39, 0.29) is 11.5 Å². The van der Waals surface area contributed by atoms with Crippen LogP contribution in [0.15, 0.2) is 12.1 Å². The Kier molecular flexibility index (Phi) is 5.40. The second-order valence-corrected chi connectivity index (χ2v) is 5.04. The summed E-state index contributed by atoms with van der Waals surface area (Å²) in [6.07, 6.45) is 0.383. The Labute approximate surface area is 122 Å². The maximum atomic E-state index is 12.0. The predicted octanol–water partition coefficient (Wildman–Crippen LogP) is 1.12. The van der Waals surface area contributed by atoms with Crippen molar-refractivity contribution in [3.8, 4) is 17.2 Å². The normalized spacial score (nSPS) is 12.0. The first kappa shape index (κ1) is 16.6. The molecule has 1 aromatic carbocycles. The van der Waals surface area contributed by atoms with Gasteiger partial charge in [-0.05, 0) is 24.5 Å². The van der Waals surface area contributed by atoms with Crippen molar-refractivity contribution in [1.82, 2.24) is 5.32 Å². The molecular formula is C14H19NO6. The van der Waals surface area contributed by atoms with E-state index in [4.69, 9.17) is 0 Å². The highest BCUT2D eigenvalue weighted by Gasteiger charge is 2.24. The lowest BCUT2D eigenvalue weighted by molar-refractivity contribution is -0.143. The molecule has 0 fully saturated rings. The highest BCUT2D eigenvalue weighted by atomic mass is 16.5. The number of benzene rings is 1. The first-order valence-electron chi connectivity index (χ1n) is 6.39. The molecule has 0 radical (unpaired) electrons. The van der Waals surface area contributed by atoms with Gasteiger partial charge in [-0.3, -0.25) is 4.79 Å². The molecule has 116 valence electrons. The third kappa shape index (κ3) is 4.27. The van der Waals surface area contributed by atoms with Crippen molar-refractivity contribution in [3.05, 3.63) is 17.7 Å². The Hall–Kier alpha value is -2.44. The molecule has 0 aliphatic rings. The van der Waals surface area contributed by atoms with Crippen LogP contribution in [0, 0.1) is 5.92 Å². The van der Waals surface area contributed by atoms with Crippen LogP contribution in [-0.2, 0) is 9.53 Å². The minimum Gasteiger partial charge on any atom is -0.504 e. The molecule has 1 amide bonds. The van der Waals surface area contributed by atoms with Crippen molar-refractivity contribution in [2.75, 3.05) is 7.11 Å². The molecule has 1 atom stereocenters. The molecule has 1 rings (SSSR count). The van der Waals surface area contributed by atoms with E-state index in [0.29, 0.717) is 6.42 Å². The fraction of sp³-hybridized carbons (Fsp3) is 0.429. The van der Waals surface area contributed by atoms with Crippen LogP contribution >= 0.6 is 0 Å². The number of carbonyl (C=O) groups excluding carboxylic acids is 2. The predicted molar refractivity (Wildman–Crippen MR) is 74.2 cm³/mol. The number of phenolic OH excluding ortho intramolecular Hbond substituents is 3. The number of aromatic hydroxyl groups is 3. The smallest absolute Gasteiger partial charge is 0.328 e. The molecule has 0 spiro atoms. The molecule has 0 unspecified atom stereocenters. The third-order valence-electron chi connectivity index (χ3n) is 2.83. The van der Waals surface area contributed by atoms with Crippen LogP contribution < -0.4 is 5.32 Å². The van der Waals surface area contributed by atoms with Gasteiger partial charge in [0.15, 0.2) is 17.2 Å². The zero-order valence-corrected chi connectivity index (χ0v) is 12.1. The lowest BCUT2D eigenvalue weighted by Crippen LogP contribution is -2.42. The fourth-order valence-electron chi connectivity index (χ4n) is 1.80. The molecule has 7 nitrogen and oxygen atoms in total. The summed E-state index contributed by atoms with van der Waals surface area (Å²) in [7, 11) is 1.22. The van der Waals surface area contributed by atoms with Gasteiger partial charge in [0.05, 0.1) is 7.11 Å². The molecule has 0 saturated heterocycles. The van der Waals surface area contributed by atoms with Crippen LogP contribution in [0.1, 0.15) is 30.6 Å². The van der Waals surface area contributed by atoms with E-state index in [0.717, 1.165) is 12.1 Å². The Morgan fingerprint density at radius 1 is 1.19 bits per heavy atom. The van der Waals surface area contributed by atoms with E-state index in [1.165, 1.54) is 7.11 Å². The van der Waals surface area contributed by atoms with E-state index in [1.54, 1.807) is 0 Å². The Morgan fingerprint density at radius 3 is 2.14 bits per heavy atom. The van der Waals surface area contributed by atoms with Gasteiger partial charge in [-0.25, -0.2) is 4.79 Å². The largest absolute Gasteiger partial charge is 0.504 e. The average molecular weight is 297 g/mol. The molecular weight excluding hydrogens is 278 g/mol. The molecule has 1 aromatic rings. The first-order chi connectivity index (χ1) is 9.76. The number of hydrogen-bond donors (Lipinski definition) is 4. The number of rotatable bonds is 5. The summed E-state index contributed by atoms with van der Waals surface area (Å²) in [6.45, 7) is 3.78. The van der Waals surface area contributed by atoms with Crippen molar-refractivity contribution in [1.29, 1.82) is 0 Å². The van der Waals surface area contributed by atoms with Gasteiger partial charge in [-0.2, -0.15) is 0 Å². The van der Waals surface area contributed by atoms with Gasteiger partial charge >= 0.3 is 5.97 Å². The van der Waals surface area contributed by atoms with E-state index in [1.807, 2.05) is 13.8 Å². The van der Waals surface area contributed by atoms with E-state index in [2.05, 4.69) is 10.1 Å². The molecule has 0 aliphatic heterocycles. The monoisotopic (exact) mass is 297 g/mol. The lowest BCUT2D eigenvalue weighted by Gasteiger charge is -2.18. The Balaban J connectivity index is 2.94. The zero-order valence-electron chi connectivity index (χ0n) is 12.1. The van der Waals surface area contributed by atoms with Gasteiger partial charge in [0.2, 0.25) is 0 Å². The number of hydrogen-bond acceptors (Lipinski definition) is 6. The summed E-state index contributed by atoms with van der Waals surface area (Å²) in [5.41, 5.74) is -0.0829. The number of esters is 1. The number of nitrogens with one attached hydrogen (secondary N) is 1. The number of methoxy groups -OCH3 is 1. The molecule has 0 aromatic heterocycles. The summed E-state index contributed by atoms with van der Waals surface area (Å²) in [5.74, 6) is -3.06. The van der Waals surface area contributed by atoms with Crippen LogP contribution in [0.4, 0.5) is 0 Å². The van der Waals surface area contributed by atoms with Crippen molar-refractivity contribution in [3.63, 3.8) is 0 Å². The molecule has 0 aliphatic carbocycles. The number of phenols is 3.